The van der Waals surface area contributed by atoms with Gasteiger partial charge in [0.25, 0.3) is 5.91 Å². The zero-order chi connectivity index (χ0) is 23.4. The second-order valence-corrected chi connectivity index (χ2v) is 9.64. The van der Waals surface area contributed by atoms with Gasteiger partial charge in [0.15, 0.2) is 0 Å². The predicted molar refractivity (Wildman–Crippen MR) is 122 cm³/mol. The van der Waals surface area contributed by atoms with Gasteiger partial charge in [-0.05, 0) is 48.4 Å². The summed E-state index contributed by atoms with van der Waals surface area (Å²) >= 11 is 0. The van der Waals surface area contributed by atoms with Crippen LogP contribution in [0.1, 0.15) is 22.3 Å². The topological polar surface area (TPSA) is 81.5 Å². The van der Waals surface area contributed by atoms with Crippen LogP contribution >= 0.6 is 0 Å². The molecule has 0 atom stereocenters. The van der Waals surface area contributed by atoms with Crippen molar-refractivity contribution in [3.8, 4) is 17.2 Å². The number of carbonyl (C=O) groups is 1. The number of benzene rings is 3. The molecule has 33 heavy (non-hydrogen) atoms. The van der Waals surface area contributed by atoms with Crippen LogP contribution in [0, 0.1) is 17.1 Å². The van der Waals surface area contributed by atoms with Gasteiger partial charge in [0.05, 0.1) is 16.5 Å². The molecule has 1 aliphatic heterocycles. The van der Waals surface area contributed by atoms with Crippen molar-refractivity contribution in [3.05, 3.63) is 89.7 Å². The molecule has 0 saturated carbocycles. The molecular weight excluding hydrogens is 441 g/mol. The predicted octanol–water partition coefficient (Wildman–Crippen LogP) is 3.90. The van der Waals surface area contributed by atoms with E-state index in [1.807, 2.05) is 24.3 Å². The van der Waals surface area contributed by atoms with Crippen molar-refractivity contribution in [2.45, 2.75) is 11.3 Å². The van der Waals surface area contributed by atoms with Crippen molar-refractivity contribution >= 4 is 15.9 Å². The maximum Gasteiger partial charge on any atom is 0.254 e. The van der Waals surface area contributed by atoms with Gasteiger partial charge in [-0.25, -0.2) is 12.8 Å². The third-order valence-corrected chi connectivity index (χ3v) is 7.60. The molecule has 0 unspecified atom stereocenters. The Morgan fingerprint density at radius 2 is 1.52 bits per heavy atom. The highest BCUT2D eigenvalue weighted by molar-refractivity contribution is 7.89. The van der Waals surface area contributed by atoms with Crippen molar-refractivity contribution < 1.29 is 17.6 Å². The number of halogens is 1. The van der Waals surface area contributed by atoms with Gasteiger partial charge < -0.3 is 4.90 Å². The van der Waals surface area contributed by atoms with Gasteiger partial charge in [0.2, 0.25) is 10.0 Å². The Balaban J connectivity index is 1.57. The highest BCUT2D eigenvalue weighted by Crippen LogP contribution is 2.28. The zero-order valence-corrected chi connectivity index (χ0v) is 18.6. The molecule has 0 N–H and O–H groups in total. The number of nitriles is 1. The first-order chi connectivity index (χ1) is 15.9. The minimum Gasteiger partial charge on any atom is -0.337 e. The molecule has 1 fully saturated rings. The van der Waals surface area contributed by atoms with Crippen LogP contribution in [0.4, 0.5) is 4.39 Å². The van der Waals surface area contributed by atoms with Gasteiger partial charge in [-0.15, -0.1) is 0 Å². The molecule has 0 bridgehead atoms. The second kappa shape index (κ2) is 9.53. The van der Waals surface area contributed by atoms with E-state index in [1.54, 1.807) is 29.2 Å². The first kappa shape index (κ1) is 22.6. The van der Waals surface area contributed by atoms with Crippen molar-refractivity contribution in [1.82, 2.24) is 9.21 Å². The van der Waals surface area contributed by atoms with E-state index in [1.165, 1.54) is 16.4 Å². The fourth-order valence-corrected chi connectivity index (χ4v) is 5.45. The molecule has 1 amide bonds. The second-order valence-electron chi connectivity index (χ2n) is 7.71. The van der Waals surface area contributed by atoms with E-state index in [4.69, 9.17) is 0 Å². The van der Waals surface area contributed by atoms with Crippen LogP contribution in [0.5, 0.6) is 0 Å². The summed E-state index contributed by atoms with van der Waals surface area (Å²) in [5.41, 5.74) is 2.29. The number of hydrogen-bond donors (Lipinski definition) is 0. The zero-order valence-electron chi connectivity index (χ0n) is 17.8. The smallest absolute Gasteiger partial charge is 0.254 e. The van der Waals surface area contributed by atoms with E-state index < -0.39 is 15.8 Å². The summed E-state index contributed by atoms with van der Waals surface area (Å²) in [6.07, 6.45) is 0.475. The number of carbonyl (C=O) groups excluding carboxylic acids is 1. The molecule has 0 radical (unpaired) electrons. The van der Waals surface area contributed by atoms with Gasteiger partial charge in [0.1, 0.15) is 5.82 Å². The molecule has 8 heteroatoms. The molecule has 3 aromatic rings. The Bertz CT molecular complexity index is 1320. The molecule has 1 heterocycles. The van der Waals surface area contributed by atoms with Crippen molar-refractivity contribution in [2.24, 2.45) is 0 Å². The summed E-state index contributed by atoms with van der Waals surface area (Å²) in [5.74, 6) is -0.711. The number of hydrogen-bond acceptors (Lipinski definition) is 4. The average Bonchev–Trinajstić information content (AvgIpc) is 3.11. The summed E-state index contributed by atoms with van der Waals surface area (Å²) in [6, 6.07) is 21.2. The third-order valence-electron chi connectivity index (χ3n) is 5.69. The van der Waals surface area contributed by atoms with Crippen molar-refractivity contribution in [1.29, 1.82) is 5.26 Å². The van der Waals surface area contributed by atoms with Gasteiger partial charge in [0, 0.05) is 37.3 Å². The summed E-state index contributed by atoms with van der Waals surface area (Å²) in [7, 11) is -3.78. The van der Waals surface area contributed by atoms with Crippen LogP contribution in [0.2, 0.25) is 0 Å². The van der Waals surface area contributed by atoms with Crippen molar-refractivity contribution in [2.75, 3.05) is 26.2 Å². The Morgan fingerprint density at radius 1 is 0.848 bits per heavy atom. The highest BCUT2D eigenvalue weighted by atomic mass is 32.2. The minimum absolute atomic E-state index is 0.0298. The van der Waals surface area contributed by atoms with Crippen LogP contribution in [-0.2, 0) is 10.0 Å². The van der Waals surface area contributed by atoms with Gasteiger partial charge in [-0.1, -0.05) is 36.4 Å². The molecule has 168 valence electrons. The molecule has 1 saturated heterocycles. The Kier molecular flexibility index (Phi) is 6.54. The van der Waals surface area contributed by atoms with Crippen LogP contribution in [0.3, 0.4) is 0 Å². The largest absolute Gasteiger partial charge is 0.337 e. The quantitative estimate of drug-likeness (QED) is 0.588. The number of sulfonamides is 1. The Hall–Kier alpha value is -3.54. The van der Waals surface area contributed by atoms with Crippen LogP contribution in [-0.4, -0.2) is 49.7 Å². The standard InChI is InChI=1S/C25H22FN3O3S/c26-20-10-12-21(13-11-20)33(31,32)29-15-5-14-28(16-17-29)25(30)24-9-4-3-8-23(24)22-7-2-1-6-19(22)18-27/h1-4,6-13H,5,14-17H2. The van der Waals surface area contributed by atoms with E-state index in [0.717, 1.165) is 12.1 Å². The number of amides is 1. The molecule has 3 aromatic carbocycles. The number of nitrogens with zero attached hydrogens (tertiary/aromatic N) is 3. The van der Waals surface area contributed by atoms with E-state index in [-0.39, 0.29) is 30.4 Å². The van der Waals surface area contributed by atoms with E-state index in [2.05, 4.69) is 6.07 Å². The molecule has 0 spiro atoms. The number of rotatable bonds is 4. The van der Waals surface area contributed by atoms with E-state index in [0.29, 0.717) is 35.2 Å². The molecular formula is C25H22FN3O3S. The van der Waals surface area contributed by atoms with Gasteiger partial charge in [-0.3, -0.25) is 4.79 Å². The lowest BCUT2D eigenvalue weighted by atomic mass is 9.95. The third kappa shape index (κ3) is 4.65. The minimum atomic E-state index is -3.78. The molecule has 6 nitrogen and oxygen atoms in total. The SMILES string of the molecule is N#Cc1ccccc1-c1ccccc1C(=O)N1CCCN(S(=O)(=O)c2ccc(F)cc2)CC1. The lowest BCUT2D eigenvalue weighted by Crippen LogP contribution is -2.37. The maximum absolute atomic E-state index is 13.4. The molecule has 0 aromatic heterocycles. The van der Waals surface area contributed by atoms with Gasteiger partial charge >= 0.3 is 0 Å². The normalized spacial score (nSPS) is 15.0. The van der Waals surface area contributed by atoms with Crippen LogP contribution in [0.25, 0.3) is 11.1 Å². The molecule has 0 aliphatic carbocycles. The lowest BCUT2D eigenvalue weighted by molar-refractivity contribution is 0.0765. The fraction of sp³-hybridized carbons (Fsp3) is 0.200. The van der Waals surface area contributed by atoms with Gasteiger partial charge in [-0.2, -0.15) is 9.57 Å². The van der Waals surface area contributed by atoms with Crippen molar-refractivity contribution in [3.63, 3.8) is 0 Å². The molecule has 4 rings (SSSR count). The fourth-order valence-electron chi connectivity index (χ4n) is 3.98. The van der Waals surface area contributed by atoms with Crippen LogP contribution in [0.15, 0.2) is 77.7 Å². The summed E-state index contributed by atoms with van der Waals surface area (Å²) in [6.45, 7) is 1.04. The van der Waals surface area contributed by atoms with Crippen LogP contribution < -0.4 is 0 Å². The first-order valence-corrected chi connectivity index (χ1v) is 12.0. The first-order valence-electron chi connectivity index (χ1n) is 10.6. The molecule has 1 aliphatic rings. The summed E-state index contributed by atoms with van der Waals surface area (Å²) in [4.78, 5) is 15.1. The Morgan fingerprint density at radius 3 is 2.24 bits per heavy atom. The Labute approximate surface area is 192 Å². The summed E-state index contributed by atoms with van der Waals surface area (Å²) in [5, 5.41) is 9.48. The lowest BCUT2D eigenvalue weighted by Gasteiger charge is -2.23. The maximum atomic E-state index is 13.4. The summed E-state index contributed by atoms with van der Waals surface area (Å²) < 4.78 is 40.5. The monoisotopic (exact) mass is 463 g/mol. The van der Waals surface area contributed by atoms with E-state index >= 15 is 0 Å². The highest BCUT2D eigenvalue weighted by Gasteiger charge is 2.29. The average molecular weight is 464 g/mol. The van der Waals surface area contributed by atoms with E-state index in [9.17, 15) is 22.9 Å².